The zero-order chi connectivity index (χ0) is 30.4. The predicted molar refractivity (Wildman–Crippen MR) is 170 cm³/mol. The smallest absolute Gasteiger partial charge is 0.263 e. The average molecular weight is 624 g/mol. The number of rotatable bonds is 10. The van der Waals surface area contributed by atoms with Gasteiger partial charge in [0.1, 0.15) is 18.5 Å². The average Bonchev–Trinajstić information content (AvgIpc) is 2.99. The van der Waals surface area contributed by atoms with E-state index >= 15 is 0 Å². The molecule has 8 rings (SSSR count). The van der Waals surface area contributed by atoms with E-state index in [1.54, 1.807) is 18.7 Å². The predicted octanol–water partition coefficient (Wildman–Crippen LogP) is 4.73. The number of nitrogens with zero attached hydrogens (tertiary/aromatic N) is 4. The second kappa shape index (κ2) is 12.5. The zero-order valence-electron chi connectivity index (χ0n) is 25.9. The van der Waals surface area contributed by atoms with Crippen molar-refractivity contribution < 1.29 is 14.0 Å². The fourth-order valence-electron chi connectivity index (χ4n) is 9.78. The summed E-state index contributed by atoms with van der Waals surface area (Å²) in [4.78, 5) is 48.3. The molecule has 2 saturated heterocycles. The van der Waals surface area contributed by atoms with Crippen molar-refractivity contribution in [2.45, 2.75) is 88.1 Å². The van der Waals surface area contributed by atoms with Gasteiger partial charge in [-0.15, -0.1) is 11.8 Å². The number of hydrogen-bond acceptors (Lipinski definition) is 7. The van der Waals surface area contributed by atoms with Crippen molar-refractivity contribution in [3.63, 3.8) is 0 Å². The maximum absolute atomic E-state index is 14.3. The number of halogens is 1. The van der Waals surface area contributed by atoms with Crippen molar-refractivity contribution in [3.8, 4) is 0 Å². The van der Waals surface area contributed by atoms with Crippen LogP contribution in [0.2, 0.25) is 0 Å². The molecule has 2 unspecified atom stereocenters. The molecule has 1 aromatic heterocycles. The standard InChI is InChI=1S/C34H46FN5O3S/c1-22-36-27-4-2-5-29(31(27)33(43)40(22)28-6-7-30(41)37-32(28)42)44-13-3-9-39-12-11-38(21-26(39)20-35)10-8-34-17-23-14-24(18-34)16-25(15-23)19-34/h2,4-5,23-26,28H,3,6-21H2,1H3,(H,37,41,42). The molecule has 2 atom stereocenters. The van der Waals surface area contributed by atoms with Gasteiger partial charge in [-0.1, -0.05) is 6.07 Å². The van der Waals surface area contributed by atoms with Gasteiger partial charge in [0, 0.05) is 31.0 Å². The van der Waals surface area contributed by atoms with Crippen LogP contribution in [0.1, 0.15) is 76.1 Å². The fourth-order valence-corrected chi connectivity index (χ4v) is 10.8. The van der Waals surface area contributed by atoms with Crippen molar-refractivity contribution in [2.24, 2.45) is 23.2 Å². The van der Waals surface area contributed by atoms with E-state index in [9.17, 15) is 18.8 Å². The lowest BCUT2D eigenvalue weighted by molar-refractivity contribution is -0.135. The zero-order valence-corrected chi connectivity index (χ0v) is 26.8. The van der Waals surface area contributed by atoms with E-state index in [1.165, 1.54) is 49.5 Å². The quantitative estimate of drug-likeness (QED) is 0.233. The molecular formula is C34H46FN5O3S. The minimum atomic E-state index is -0.737. The summed E-state index contributed by atoms with van der Waals surface area (Å²) in [6, 6.07) is 4.90. The van der Waals surface area contributed by atoms with Gasteiger partial charge in [-0.05, 0) is 119 Å². The first kappa shape index (κ1) is 30.4. The van der Waals surface area contributed by atoms with E-state index in [-0.39, 0.29) is 30.6 Å². The third-order valence-corrected chi connectivity index (χ3v) is 12.6. The molecule has 2 aromatic rings. The fraction of sp³-hybridized carbons (Fsp3) is 0.706. The molecule has 2 aliphatic heterocycles. The number of fused-ring (bicyclic) bond motifs is 1. The highest BCUT2D eigenvalue weighted by atomic mass is 32.2. The van der Waals surface area contributed by atoms with E-state index in [4.69, 9.17) is 0 Å². The topological polar surface area (TPSA) is 87.5 Å². The first-order valence-electron chi connectivity index (χ1n) is 16.8. The van der Waals surface area contributed by atoms with Crippen LogP contribution in [0.25, 0.3) is 10.9 Å². The van der Waals surface area contributed by atoms with Crippen LogP contribution in [0.3, 0.4) is 0 Å². The molecule has 44 heavy (non-hydrogen) atoms. The number of benzene rings is 1. The number of carbonyl (C=O) groups is 2. The maximum Gasteiger partial charge on any atom is 0.263 e. The van der Waals surface area contributed by atoms with Gasteiger partial charge in [0.05, 0.1) is 16.9 Å². The van der Waals surface area contributed by atoms with Gasteiger partial charge in [-0.3, -0.25) is 29.2 Å². The summed E-state index contributed by atoms with van der Waals surface area (Å²) in [6.45, 7) is 6.14. The largest absolute Gasteiger partial charge is 0.300 e. The van der Waals surface area contributed by atoms with Gasteiger partial charge in [0.2, 0.25) is 11.8 Å². The lowest BCUT2D eigenvalue weighted by Crippen LogP contribution is -2.55. The van der Waals surface area contributed by atoms with Crippen molar-refractivity contribution in [1.29, 1.82) is 0 Å². The van der Waals surface area contributed by atoms with Crippen LogP contribution >= 0.6 is 11.8 Å². The van der Waals surface area contributed by atoms with Gasteiger partial charge in [-0.2, -0.15) is 0 Å². The molecule has 0 radical (unpaired) electrons. The Hall–Kier alpha value is -2.30. The lowest BCUT2D eigenvalue weighted by Gasteiger charge is -2.57. The van der Waals surface area contributed by atoms with Gasteiger partial charge in [-0.25, -0.2) is 9.37 Å². The Kier molecular flexibility index (Phi) is 8.61. The summed E-state index contributed by atoms with van der Waals surface area (Å²) >= 11 is 1.62. The number of hydrogen-bond donors (Lipinski definition) is 1. The number of alkyl halides is 1. The van der Waals surface area contributed by atoms with E-state index in [1.807, 2.05) is 18.2 Å². The van der Waals surface area contributed by atoms with E-state index in [0.29, 0.717) is 28.6 Å². The monoisotopic (exact) mass is 623 g/mol. The molecule has 1 aromatic carbocycles. The second-order valence-electron chi connectivity index (χ2n) is 14.5. The molecule has 238 valence electrons. The molecule has 1 N–H and O–H groups in total. The second-order valence-corrected chi connectivity index (χ2v) is 15.6. The summed E-state index contributed by atoms with van der Waals surface area (Å²) in [5.41, 5.74) is 0.949. The number of piperidine rings is 1. The highest BCUT2D eigenvalue weighted by molar-refractivity contribution is 7.99. The molecular weight excluding hydrogens is 577 g/mol. The summed E-state index contributed by atoms with van der Waals surface area (Å²) in [5.74, 6) is 3.45. The van der Waals surface area contributed by atoms with Crippen molar-refractivity contribution in [2.75, 3.05) is 45.2 Å². The molecule has 0 spiro atoms. The number of nitrogens with one attached hydrogen (secondary N) is 1. The van der Waals surface area contributed by atoms with Crippen LogP contribution in [0.4, 0.5) is 4.39 Å². The van der Waals surface area contributed by atoms with E-state index < -0.39 is 11.9 Å². The molecule has 2 amide bonds. The van der Waals surface area contributed by atoms with Crippen LogP contribution in [-0.4, -0.2) is 82.4 Å². The molecule has 4 bridgehead atoms. The first-order valence-corrected chi connectivity index (χ1v) is 17.8. The third-order valence-electron chi connectivity index (χ3n) is 11.4. The normalized spacial score (nSPS) is 32.5. The van der Waals surface area contributed by atoms with Gasteiger partial charge < -0.3 is 4.90 Å². The lowest BCUT2D eigenvalue weighted by atomic mass is 9.49. The number of thioether (sulfide) groups is 1. The van der Waals surface area contributed by atoms with Crippen LogP contribution < -0.4 is 10.9 Å². The first-order chi connectivity index (χ1) is 21.3. The number of imide groups is 1. The minimum Gasteiger partial charge on any atom is -0.300 e. The molecule has 10 heteroatoms. The molecule has 6 aliphatic rings. The summed E-state index contributed by atoms with van der Waals surface area (Å²) in [5, 5.41) is 2.87. The number of amides is 2. The van der Waals surface area contributed by atoms with Gasteiger partial charge >= 0.3 is 0 Å². The van der Waals surface area contributed by atoms with Crippen molar-refractivity contribution >= 4 is 34.5 Å². The SMILES string of the molecule is Cc1nc2cccc(SCCCN3CCN(CCC45CC6CC(CC(C6)C4)C5)CC3CF)c2c(=O)n1C1CCC(=O)NC1=O. The van der Waals surface area contributed by atoms with Gasteiger partial charge in [0.25, 0.3) is 5.56 Å². The Morgan fingerprint density at radius 2 is 1.80 bits per heavy atom. The summed E-state index contributed by atoms with van der Waals surface area (Å²) < 4.78 is 15.7. The number of carbonyl (C=O) groups excluding carboxylic acids is 2. The molecule has 4 saturated carbocycles. The highest BCUT2D eigenvalue weighted by Gasteiger charge is 2.50. The van der Waals surface area contributed by atoms with E-state index in [2.05, 4.69) is 20.1 Å². The molecule has 6 fully saturated rings. The number of piperazine rings is 1. The van der Waals surface area contributed by atoms with E-state index in [0.717, 1.165) is 67.5 Å². The Labute approximate surface area is 263 Å². The van der Waals surface area contributed by atoms with Crippen LogP contribution in [0.15, 0.2) is 27.9 Å². The molecule has 4 aliphatic carbocycles. The maximum atomic E-state index is 14.3. The minimum absolute atomic E-state index is 0.0458. The molecule has 3 heterocycles. The van der Waals surface area contributed by atoms with Gasteiger partial charge in [0.15, 0.2) is 0 Å². The number of aromatic nitrogens is 2. The number of aryl methyl sites for hydroxylation is 1. The van der Waals surface area contributed by atoms with Crippen molar-refractivity contribution in [1.82, 2.24) is 24.7 Å². The Morgan fingerprint density at radius 3 is 2.50 bits per heavy atom. The Balaban J connectivity index is 0.938. The third kappa shape index (κ3) is 5.98. The van der Waals surface area contributed by atoms with Crippen LogP contribution in [-0.2, 0) is 9.59 Å². The summed E-state index contributed by atoms with van der Waals surface area (Å²) in [6.07, 6.45) is 11.5. The van der Waals surface area contributed by atoms with Crippen LogP contribution in [0, 0.1) is 30.1 Å². The van der Waals surface area contributed by atoms with Crippen molar-refractivity contribution in [3.05, 3.63) is 34.4 Å². The highest BCUT2D eigenvalue weighted by Crippen LogP contribution is 2.61. The summed E-state index contributed by atoms with van der Waals surface area (Å²) in [7, 11) is 0. The molecule has 8 nitrogen and oxygen atoms in total. The Bertz CT molecular complexity index is 1440. The van der Waals surface area contributed by atoms with Crippen LogP contribution in [0.5, 0.6) is 0 Å². The Morgan fingerprint density at radius 1 is 1.05 bits per heavy atom.